The molecule has 0 bridgehead atoms. The molecule has 40 heavy (non-hydrogen) atoms. The number of pyridine rings is 2. The molecule has 0 unspecified atom stereocenters. The summed E-state index contributed by atoms with van der Waals surface area (Å²) in [6.07, 6.45) is 5.35. The van der Waals surface area contributed by atoms with Gasteiger partial charge in [0, 0.05) is 45.0 Å². The fourth-order valence-corrected chi connectivity index (χ4v) is 4.51. The molecule has 3 rings (SSSR count). The van der Waals surface area contributed by atoms with Crippen LogP contribution < -0.4 is 9.47 Å². The highest BCUT2D eigenvalue weighted by Gasteiger charge is 2.30. The zero-order valence-corrected chi connectivity index (χ0v) is 26.2. The third kappa shape index (κ3) is 8.34. The van der Waals surface area contributed by atoms with Crippen LogP contribution in [-0.2, 0) is 21.0 Å². The van der Waals surface area contributed by atoms with Crippen molar-refractivity contribution in [3.63, 3.8) is 0 Å². The van der Waals surface area contributed by atoms with Crippen LogP contribution in [0.25, 0.3) is 22.6 Å². The number of ether oxygens (including phenoxy) is 4. The minimum atomic E-state index is -0.773. The van der Waals surface area contributed by atoms with Gasteiger partial charge in [-0.25, -0.2) is 4.98 Å². The molecular weight excluding hydrogens is 526 g/mol. The zero-order chi connectivity index (χ0) is 29.3. The number of methoxy groups -OCH3 is 1. The Morgan fingerprint density at radius 2 is 1.88 bits per heavy atom. The Balaban J connectivity index is 1.76. The van der Waals surface area contributed by atoms with Crippen LogP contribution in [0.3, 0.4) is 0 Å². The van der Waals surface area contributed by atoms with E-state index in [9.17, 15) is 4.79 Å². The van der Waals surface area contributed by atoms with Crippen molar-refractivity contribution in [3.05, 3.63) is 36.2 Å². The lowest BCUT2D eigenvalue weighted by Gasteiger charge is -2.21. The molecule has 0 spiro atoms. The molecule has 0 saturated carbocycles. The van der Waals surface area contributed by atoms with Gasteiger partial charge in [-0.15, -0.1) is 5.10 Å². The minimum absolute atomic E-state index is 0.0585. The highest BCUT2D eigenvalue weighted by atomic mass is 28.3. The summed E-state index contributed by atoms with van der Waals surface area (Å²) >= 11 is 0. The lowest BCUT2D eigenvalue weighted by molar-refractivity contribution is -0.152. The van der Waals surface area contributed by atoms with Gasteiger partial charge in [0.1, 0.15) is 25.1 Å². The van der Waals surface area contributed by atoms with Gasteiger partial charge >= 0.3 is 12.0 Å². The molecule has 0 atom stereocenters. The van der Waals surface area contributed by atoms with Crippen molar-refractivity contribution >= 4 is 14.8 Å². The van der Waals surface area contributed by atoms with Crippen molar-refractivity contribution < 1.29 is 23.7 Å². The Hall–Kier alpha value is -3.31. The number of rotatable bonds is 15. The van der Waals surface area contributed by atoms with Crippen LogP contribution in [0, 0.1) is 12.3 Å². The van der Waals surface area contributed by atoms with Gasteiger partial charge in [0.05, 0.1) is 12.5 Å². The summed E-state index contributed by atoms with van der Waals surface area (Å²) in [6.45, 7) is 15.5. The van der Waals surface area contributed by atoms with Crippen LogP contribution in [-0.4, -0.2) is 65.9 Å². The largest absolute Gasteiger partial charge is 0.476 e. The second kappa shape index (κ2) is 14.4. The van der Waals surface area contributed by atoms with E-state index in [0.29, 0.717) is 30.0 Å². The van der Waals surface area contributed by atoms with Crippen LogP contribution in [0.1, 0.15) is 46.1 Å². The average Bonchev–Trinajstić information content (AvgIpc) is 3.34. The predicted molar refractivity (Wildman–Crippen MR) is 157 cm³/mol. The number of carbonyl (C=O) groups excluding carboxylic acids is 1. The van der Waals surface area contributed by atoms with E-state index in [0.717, 1.165) is 35.6 Å². The highest BCUT2D eigenvalue weighted by Crippen LogP contribution is 2.28. The van der Waals surface area contributed by atoms with Crippen molar-refractivity contribution in [3.8, 4) is 34.5 Å². The number of aromatic nitrogens is 5. The molecule has 11 heteroatoms. The number of nitrogens with zero attached hydrogens (tertiary/aromatic N) is 5. The molecule has 0 saturated heterocycles. The number of aryl methyl sites for hydroxylation is 1. The van der Waals surface area contributed by atoms with Crippen molar-refractivity contribution in [2.24, 2.45) is 5.41 Å². The number of hydrogen-bond donors (Lipinski definition) is 0. The molecule has 3 aromatic rings. The number of carbonyl (C=O) groups is 1. The van der Waals surface area contributed by atoms with Gasteiger partial charge in [0.2, 0.25) is 11.7 Å². The maximum absolute atomic E-state index is 11.9. The standard InChI is InChI=1S/C29H43N5O5Si/c1-9-22(10-2)39-28-32-26(33-34(28)19-37-13-14-40(7)8)24-12-11-21(16-30-24)23-17-31-25(15-20(23)3)38-18-29(4,5)27(35)36-6/h11-12,15-17,22,40H,9-10,13-14,18-19H2,1-8H3. The first-order valence-corrected chi connectivity index (χ1v) is 17.0. The van der Waals surface area contributed by atoms with E-state index in [4.69, 9.17) is 18.9 Å². The van der Waals surface area contributed by atoms with Crippen LogP contribution in [0.4, 0.5) is 0 Å². The number of esters is 1. The molecule has 10 nitrogen and oxygen atoms in total. The van der Waals surface area contributed by atoms with Gasteiger partial charge in [-0.3, -0.25) is 9.78 Å². The van der Waals surface area contributed by atoms with Crippen molar-refractivity contribution in [1.82, 2.24) is 24.7 Å². The van der Waals surface area contributed by atoms with Crippen molar-refractivity contribution in [2.75, 3.05) is 20.3 Å². The van der Waals surface area contributed by atoms with Gasteiger partial charge in [0.15, 0.2) is 0 Å². The van der Waals surface area contributed by atoms with E-state index in [1.54, 1.807) is 30.9 Å². The van der Waals surface area contributed by atoms with Crippen LogP contribution in [0.15, 0.2) is 30.6 Å². The normalized spacial score (nSPS) is 11.8. The first-order chi connectivity index (χ1) is 19.1. The fraction of sp³-hybridized carbons (Fsp3) is 0.552. The van der Waals surface area contributed by atoms with E-state index in [-0.39, 0.29) is 25.4 Å². The van der Waals surface area contributed by atoms with E-state index in [2.05, 4.69) is 47.0 Å². The van der Waals surface area contributed by atoms with E-state index in [1.807, 2.05) is 25.1 Å². The Bertz CT molecular complexity index is 1240. The summed E-state index contributed by atoms with van der Waals surface area (Å²) in [4.78, 5) is 25.6. The molecule has 3 heterocycles. The summed E-state index contributed by atoms with van der Waals surface area (Å²) in [7, 11) is 0.689. The SMILES string of the molecule is CCC(CC)Oc1nc(-c2ccc(-c3cnc(OCC(C)(C)C(=O)OC)cc3C)cn2)nn1COCC[SiH](C)C. The van der Waals surface area contributed by atoms with Gasteiger partial charge in [-0.1, -0.05) is 33.0 Å². The molecule has 0 aromatic carbocycles. The third-order valence-corrected chi connectivity index (χ3v) is 7.97. The maximum atomic E-state index is 11.9. The quantitative estimate of drug-likeness (QED) is 0.136. The van der Waals surface area contributed by atoms with Gasteiger partial charge < -0.3 is 18.9 Å². The van der Waals surface area contributed by atoms with E-state index < -0.39 is 14.2 Å². The lowest BCUT2D eigenvalue weighted by atomic mass is 9.95. The van der Waals surface area contributed by atoms with Crippen molar-refractivity contribution in [2.45, 2.75) is 79.4 Å². The Labute approximate surface area is 239 Å². The highest BCUT2D eigenvalue weighted by molar-refractivity contribution is 6.55. The number of hydrogen-bond acceptors (Lipinski definition) is 9. The van der Waals surface area contributed by atoms with Crippen LogP contribution in [0.2, 0.25) is 19.1 Å². The van der Waals surface area contributed by atoms with Gasteiger partial charge in [-0.2, -0.15) is 9.67 Å². The first kappa shape index (κ1) is 31.2. The minimum Gasteiger partial charge on any atom is -0.476 e. The monoisotopic (exact) mass is 569 g/mol. The van der Waals surface area contributed by atoms with E-state index in [1.165, 1.54) is 7.11 Å². The first-order valence-electron chi connectivity index (χ1n) is 13.9. The van der Waals surface area contributed by atoms with E-state index >= 15 is 0 Å². The zero-order valence-electron chi connectivity index (χ0n) is 25.1. The molecule has 0 aliphatic carbocycles. The van der Waals surface area contributed by atoms with Gasteiger partial charge in [-0.05, 0) is 51.3 Å². The fourth-order valence-electron chi connectivity index (χ4n) is 3.87. The average molecular weight is 570 g/mol. The molecule has 3 aromatic heterocycles. The van der Waals surface area contributed by atoms with Crippen LogP contribution >= 0.6 is 0 Å². The summed E-state index contributed by atoms with van der Waals surface area (Å²) in [5.41, 5.74) is 2.67. The smallest absolute Gasteiger partial charge is 0.317 e. The molecule has 218 valence electrons. The Kier molecular flexibility index (Phi) is 11.2. The van der Waals surface area contributed by atoms with Gasteiger partial charge in [0.25, 0.3) is 0 Å². The molecule has 0 amide bonds. The molecule has 0 radical (unpaired) electrons. The predicted octanol–water partition coefficient (Wildman–Crippen LogP) is 5.32. The second-order valence-electron chi connectivity index (χ2n) is 10.9. The summed E-state index contributed by atoms with van der Waals surface area (Å²) < 4.78 is 24.3. The topological polar surface area (TPSA) is 110 Å². The molecule has 0 N–H and O–H groups in total. The Morgan fingerprint density at radius 3 is 2.48 bits per heavy atom. The van der Waals surface area contributed by atoms with Crippen LogP contribution in [0.5, 0.6) is 11.9 Å². The third-order valence-electron chi connectivity index (χ3n) is 6.58. The molecule has 0 aliphatic heterocycles. The second-order valence-corrected chi connectivity index (χ2v) is 14.3. The molecule has 0 fully saturated rings. The summed E-state index contributed by atoms with van der Waals surface area (Å²) in [5.74, 6) is 0.599. The Morgan fingerprint density at radius 1 is 1.12 bits per heavy atom. The van der Waals surface area contributed by atoms with Crippen molar-refractivity contribution in [1.29, 1.82) is 0 Å². The lowest BCUT2D eigenvalue weighted by Crippen LogP contribution is -2.32. The summed E-state index contributed by atoms with van der Waals surface area (Å²) in [6, 6.07) is 7.27. The molecule has 0 aliphatic rings. The summed E-state index contributed by atoms with van der Waals surface area (Å²) in [5, 5.41) is 4.65. The molecular formula is C29H43N5O5Si. The maximum Gasteiger partial charge on any atom is 0.317 e.